The Morgan fingerprint density at radius 3 is 2.95 bits per heavy atom. The first-order valence-corrected chi connectivity index (χ1v) is 6.98. The maximum atomic E-state index is 13.5. The SMILES string of the molecule is COC(=O)c1cc(NC(=O)CC2CCCNC2)ccc1F. The number of rotatable bonds is 4. The molecule has 6 heteroatoms. The number of amides is 1. The zero-order valence-electron chi connectivity index (χ0n) is 11.9. The van der Waals surface area contributed by atoms with Crippen LogP contribution >= 0.6 is 0 Å². The number of halogens is 1. The molecule has 0 aromatic heterocycles. The molecule has 0 bridgehead atoms. The first-order valence-electron chi connectivity index (χ1n) is 6.98. The van der Waals surface area contributed by atoms with E-state index in [4.69, 9.17) is 0 Å². The number of hydrogen-bond acceptors (Lipinski definition) is 4. The Bertz CT molecular complexity index is 528. The molecule has 1 aliphatic rings. The van der Waals surface area contributed by atoms with E-state index in [1.54, 1.807) is 0 Å². The molecule has 1 aromatic carbocycles. The molecule has 1 heterocycles. The molecule has 0 aliphatic carbocycles. The van der Waals surface area contributed by atoms with Gasteiger partial charge in [-0.15, -0.1) is 0 Å². The zero-order chi connectivity index (χ0) is 15.2. The summed E-state index contributed by atoms with van der Waals surface area (Å²) in [6.07, 6.45) is 2.51. The molecule has 1 amide bonds. The first kappa shape index (κ1) is 15.4. The van der Waals surface area contributed by atoms with E-state index in [-0.39, 0.29) is 11.5 Å². The highest BCUT2D eigenvalue weighted by atomic mass is 19.1. The maximum absolute atomic E-state index is 13.5. The van der Waals surface area contributed by atoms with Gasteiger partial charge in [-0.25, -0.2) is 9.18 Å². The van der Waals surface area contributed by atoms with Crippen LogP contribution in [-0.2, 0) is 9.53 Å². The number of esters is 1. The molecule has 1 aliphatic heterocycles. The lowest BCUT2D eigenvalue weighted by Crippen LogP contribution is -2.32. The third-order valence-corrected chi connectivity index (χ3v) is 3.53. The van der Waals surface area contributed by atoms with Gasteiger partial charge in [0.2, 0.25) is 5.91 Å². The van der Waals surface area contributed by atoms with Crippen molar-refractivity contribution in [2.75, 3.05) is 25.5 Å². The summed E-state index contributed by atoms with van der Waals surface area (Å²) >= 11 is 0. The minimum atomic E-state index is -0.764. The number of anilines is 1. The lowest BCUT2D eigenvalue weighted by molar-refractivity contribution is -0.117. The Labute approximate surface area is 122 Å². The summed E-state index contributed by atoms with van der Waals surface area (Å²) in [5.41, 5.74) is 0.209. The van der Waals surface area contributed by atoms with Gasteiger partial charge in [-0.3, -0.25) is 4.79 Å². The molecule has 1 unspecified atom stereocenters. The number of methoxy groups -OCH3 is 1. The van der Waals surface area contributed by atoms with E-state index in [0.29, 0.717) is 18.0 Å². The van der Waals surface area contributed by atoms with Gasteiger partial charge in [0.1, 0.15) is 5.82 Å². The van der Waals surface area contributed by atoms with E-state index >= 15 is 0 Å². The van der Waals surface area contributed by atoms with Crippen molar-refractivity contribution in [2.24, 2.45) is 5.92 Å². The smallest absolute Gasteiger partial charge is 0.340 e. The normalized spacial score (nSPS) is 18.1. The second-order valence-corrected chi connectivity index (χ2v) is 5.15. The fourth-order valence-electron chi connectivity index (χ4n) is 2.44. The van der Waals surface area contributed by atoms with E-state index in [1.165, 1.54) is 19.2 Å². The highest BCUT2D eigenvalue weighted by Gasteiger charge is 2.18. The van der Waals surface area contributed by atoms with Crippen LogP contribution in [-0.4, -0.2) is 32.1 Å². The fourth-order valence-corrected chi connectivity index (χ4v) is 2.44. The predicted molar refractivity (Wildman–Crippen MR) is 76.6 cm³/mol. The number of ether oxygens (including phenoxy) is 1. The van der Waals surface area contributed by atoms with Crippen LogP contribution in [0.15, 0.2) is 18.2 Å². The second kappa shape index (κ2) is 7.17. The van der Waals surface area contributed by atoms with Crippen LogP contribution in [0.3, 0.4) is 0 Å². The van der Waals surface area contributed by atoms with Crippen LogP contribution in [0.4, 0.5) is 10.1 Å². The van der Waals surface area contributed by atoms with Gasteiger partial charge >= 0.3 is 5.97 Å². The summed E-state index contributed by atoms with van der Waals surface area (Å²) in [6, 6.07) is 3.86. The largest absolute Gasteiger partial charge is 0.465 e. The molecule has 1 saturated heterocycles. The number of nitrogens with one attached hydrogen (secondary N) is 2. The molecule has 1 atom stereocenters. The number of carbonyl (C=O) groups excluding carboxylic acids is 2. The number of benzene rings is 1. The average molecular weight is 294 g/mol. The molecule has 5 nitrogen and oxygen atoms in total. The Hall–Kier alpha value is -1.95. The van der Waals surface area contributed by atoms with Gasteiger partial charge in [-0.2, -0.15) is 0 Å². The van der Waals surface area contributed by atoms with Crippen molar-refractivity contribution < 1.29 is 18.7 Å². The zero-order valence-corrected chi connectivity index (χ0v) is 11.9. The molecule has 21 heavy (non-hydrogen) atoms. The van der Waals surface area contributed by atoms with Gasteiger partial charge in [0.05, 0.1) is 12.7 Å². The van der Waals surface area contributed by atoms with Crippen molar-refractivity contribution in [3.8, 4) is 0 Å². The Morgan fingerprint density at radius 2 is 2.29 bits per heavy atom. The lowest BCUT2D eigenvalue weighted by Gasteiger charge is -2.22. The molecule has 1 aromatic rings. The summed E-state index contributed by atoms with van der Waals surface area (Å²) in [6.45, 7) is 1.84. The first-order chi connectivity index (χ1) is 10.1. The highest BCUT2D eigenvalue weighted by molar-refractivity contribution is 5.94. The minimum Gasteiger partial charge on any atom is -0.465 e. The molecule has 2 N–H and O–H groups in total. The Morgan fingerprint density at radius 1 is 1.48 bits per heavy atom. The van der Waals surface area contributed by atoms with E-state index in [2.05, 4.69) is 15.4 Å². The van der Waals surface area contributed by atoms with Gasteiger partial charge < -0.3 is 15.4 Å². The van der Waals surface area contributed by atoms with Crippen molar-refractivity contribution in [1.29, 1.82) is 0 Å². The van der Waals surface area contributed by atoms with Crippen LogP contribution in [0.5, 0.6) is 0 Å². The van der Waals surface area contributed by atoms with Crippen molar-refractivity contribution in [3.63, 3.8) is 0 Å². The van der Waals surface area contributed by atoms with Crippen molar-refractivity contribution in [1.82, 2.24) is 5.32 Å². The maximum Gasteiger partial charge on any atom is 0.340 e. The Balaban J connectivity index is 1.98. The lowest BCUT2D eigenvalue weighted by atomic mass is 9.96. The third kappa shape index (κ3) is 4.26. The van der Waals surface area contributed by atoms with Crippen LogP contribution < -0.4 is 10.6 Å². The Kier molecular flexibility index (Phi) is 5.27. The highest BCUT2D eigenvalue weighted by Crippen LogP contribution is 2.18. The van der Waals surface area contributed by atoms with Gasteiger partial charge in [0.15, 0.2) is 0 Å². The molecule has 0 radical (unpaired) electrons. The predicted octanol–water partition coefficient (Wildman–Crippen LogP) is 1.94. The number of piperidine rings is 1. The summed E-state index contributed by atoms with van der Waals surface area (Å²) in [5.74, 6) is -1.25. The summed E-state index contributed by atoms with van der Waals surface area (Å²) in [7, 11) is 1.18. The number of hydrogen-bond donors (Lipinski definition) is 2. The summed E-state index contributed by atoms with van der Waals surface area (Å²) in [4.78, 5) is 23.4. The van der Waals surface area contributed by atoms with E-state index in [9.17, 15) is 14.0 Å². The summed E-state index contributed by atoms with van der Waals surface area (Å²) in [5, 5.41) is 5.95. The van der Waals surface area contributed by atoms with E-state index in [0.717, 1.165) is 32.0 Å². The van der Waals surface area contributed by atoms with Crippen molar-refractivity contribution >= 4 is 17.6 Å². The van der Waals surface area contributed by atoms with Crippen LogP contribution in [0.25, 0.3) is 0 Å². The number of carbonyl (C=O) groups is 2. The van der Waals surface area contributed by atoms with E-state index < -0.39 is 11.8 Å². The van der Waals surface area contributed by atoms with Crippen molar-refractivity contribution in [2.45, 2.75) is 19.3 Å². The molecule has 2 rings (SSSR count). The van der Waals surface area contributed by atoms with E-state index in [1.807, 2.05) is 0 Å². The molecule has 1 fully saturated rings. The topological polar surface area (TPSA) is 67.4 Å². The second-order valence-electron chi connectivity index (χ2n) is 5.15. The minimum absolute atomic E-state index is 0.133. The van der Waals surface area contributed by atoms with Crippen LogP contribution in [0, 0.1) is 11.7 Å². The molecular formula is C15H19FN2O3. The van der Waals surface area contributed by atoms with Crippen LogP contribution in [0.2, 0.25) is 0 Å². The van der Waals surface area contributed by atoms with Gasteiger partial charge in [-0.1, -0.05) is 0 Å². The van der Waals surface area contributed by atoms with Gasteiger partial charge in [0.25, 0.3) is 0 Å². The van der Waals surface area contributed by atoms with Gasteiger partial charge in [0, 0.05) is 12.1 Å². The molecule has 114 valence electrons. The average Bonchev–Trinajstić information content (AvgIpc) is 2.49. The third-order valence-electron chi connectivity index (χ3n) is 3.53. The molecular weight excluding hydrogens is 275 g/mol. The fraction of sp³-hybridized carbons (Fsp3) is 0.467. The van der Waals surface area contributed by atoms with Crippen molar-refractivity contribution in [3.05, 3.63) is 29.6 Å². The van der Waals surface area contributed by atoms with Gasteiger partial charge in [-0.05, 0) is 50.0 Å². The monoisotopic (exact) mass is 294 g/mol. The van der Waals surface area contributed by atoms with Crippen LogP contribution in [0.1, 0.15) is 29.6 Å². The quantitative estimate of drug-likeness (QED) is 0.833. The summed E-state index contributed by atoms with van der Waals surface area (Å²) < 4.78 is 18.0. The standard InChI is InChI=1S/C15H19FN2O3/c1-21-15(20)12-8-11(4-5-13(12)16)18-14(19)7-10-3-2-6-17-9-10/h4-5,8,10,17H,2-3,6-7,9H2,1H3,(H,18,19). The molecule has 0 spiro atoms. The molecule has 0 saturated carbocycles.